The van der Waals surface area contributed by atoms with Crippen LogP contribution in [0.1, 0.15) is 31.4 Å². The molecule has 0 amide bonds. The minimum atomic E-state index is -4.29. The summed E-state index contributed by atoms with van der Waals surface area (Å²) in [6.07, 6.45) is -3.28. The molecule has 0 aliphatic carbocycles. The van der Waals surface area contributed by atoms with Crippen LogP contribution in [-0.2, 0) is 17.9 Å². The molecule has 1 aromatic carbocycles. The van der Waals surface area contributed by atoms with Crippen LogP contribution >= 0.6 is 24.0 Å². The van der Waals surface area contributed by atoms with E-state index in [9.17, 15) is 13.2 Å². The molecule has 0 saturated heterocycles. The molecule has 0 heterocycles. The number of nitrogens with one attached hydrogen (secondary N) is 2. The molecule has 0 radical (unpaired) electrons. The number of alkyl halides is 3. The van der Waals surface area contributed by atoms with Crippen molar-refractivity contribution in [3.63, 3.8) is 0 Å². The molecule has 2 N–H and O–H groups in total. The summed E-state index contributed by atoms with van der Waals surface area (Å²) in [5.74, 6) is 0.756. The van der Waals surface area contributed by atoms with Crippen LogP contribution in [0, 0.1) is 0 Å². The second-order valence-electron chi connectivity index (χ2n) is 5.05. The van der Waals surface area contributed by atoms with E-state index >= 15 is 0 Å². The number of aliphatic imine (C=N–C) groups is 1. The molecule has 0 unspecified atom stereocenters. The van der Waals surface area contributed by atoms with E-state index in [1.54, 1.807) is 12.1 Å². The first-order chi connectivity index (χ1) is 10.9. The van der Waals surface area contributed by atoms with Gasteiger partial charge in [0.25, 0.3) is 0 Å². The second-order valence-corrected chi connectivity index (χ2v) is 5.05. The zero-order valence-electron chi connectivity index (χ0n) is 13.9. The Bertz CT molecular complexity index is 478. The van der Waals surface area contributed by atoms with Crippen molar-refractivity contribution in [3.8, 4) is 0 Å². The predicted octanol–water partition coefficient (Wildman–Crippen LogP) is 3.85. The van der Waals surface area contributed by atoms with Gasteiger partial charge >= 0.3 is 6.18 Å². The second kappa shape index (κ2) is 12.3. The van der Waals surface area contributed by atoms with E-state index in [0.29, 0.717) is 12.1 Å². The fourth-order valence-electron chi connectivity index (χ4n) is 1.78. The average molecular weight is 459 g/mol. The summed E-state index contributed by atoms with van der Waals surface area (Å²) in [5.41, 5.74) is 1.69. The van der Waals surface area contributed by atoms with Crippen LogP contribution in [0.5, 0.6) is 0 Å². The van der Waals surface area contributed by atoms with Gasteiger partial charge in [0, 0.05) is 13.1 Å². The topological polar surface area (TPSA) is 45.7 Å². The number of hydrogen-bond donors (Lipinski definition) is 2. The van der Waals surface area contributed by atoms with Crippen LogP contribution in [-0.4, -0.2) is 31.8 Å². The summed E-state index contributed by atoms with van der Waals surface area (Å²) in [6.45, 7) is 4.93. The van der Waals surface area contributed by atoms with Gasteiger partial charge in [-0.2, -0.15) is 13.2 Å². The Morgan fingerprint density at radius 1 is 1.08 bits per heavy atom. The van der Waals surface area contributed by atoms with Gasteiger partial charge in [0.1, 0.15) is 6.61 Å². The lowest BCUT2D eigenvalue weighted by Gasteiger charge is -2.10. The maximum Gasteiger partial charge on any atom is 0.411 e. The number of benzene rings is 1. The van der Waals surface area contributed by atoms with Gasteiger partial charge in [0.2, 0.25) is 0 Å². The minimum Gasteiger partial charge on any atom is -0.367 e. The molecule has 0 aromatic heterocycles. The van der Waals surface area contributed by atoms with Crippen molar-refractivity contribution in [1.82, 2.24) is 10.6 Å². The van der Waals surface area contributed by atoms with Gasteiger partial charge in [-0.15, -0.1) is 24.0 Å². The van der Waals surface area contributed by atoms with Gasteiger partial charge in [-0.05, 0) is 24.5 Å². The number of hydrogen-bond acceptors (Lipinski definition) is 2. The quantitative estimate of drug-likeness (QED) is 0.353. The summed E-state index contributed by atoms with van der Waals surface area (Å²) in [5, 5.41) is 6.36. The van der Waals surface area contributed by atoms with E-state index in [1.807, 2.05) is 19.1 Å². The van der Waals surface area contributed by atoms with Crippen LogP contribution in [0.4, 0.5) is 13.2 Å². The van der Waals surface area contributed by atoms with Crippen LogP contribution < -0.4 is 10.6 Å². The molecule has 24 heavy (non-hydrogen) atoms. The molecule has 0 atom stereocenters. The molecule has 0 aliphatic rings. The lowest BCUT2D eigenvalue weighted by atomic mass is 10.1. The number of nitrogens with zero attached hydrogens (tertiary/aromatic N) is 1. The molecule has 0 bridgehead atoms. The highest BCUT2D eigenvalue weighted by molar-refractivity contribution is 14.0. The fraction of sp³-hybridized carbons (Fsp3) is 0.562. The SMILES string of the molecule is CCCNC(=NCc1ccc(COCC(F)(F)F)cc1)NCC.I. The molecule has 0 spiro atoms. The standard InChI is InChI=1S/C16H24F3N3O.HI/c1-3-9-21-15(20-4-2)22-10-13-5-7-14(8-6-13)11-23-12-16(17,18)19;/h5-8H,3-4,9-12H2,1-2H3,(H2,20,21,22);1H. The Hall–Kier alpha value is -1.03. The first-order valence-corrected chi connectivity index (χ1v) is 7.69. The van der Waals surface area contributed by atoms with E-state index in [4.69, 9.17) is 0 Å². The molecule has 0 fully saturated rings. The van der Waals surface area contributed by atoms with Gasteiger partial charge in [-0.3, -0.25) is 0 Å². The molecule has 1 rings (SSSR count). The van der Waals surface area contributed by atoms with Crippen molar-refractivity contribution in [2.45, 2.75) is 39.6 Å². The molecule has 0 aliphatic heterocycles. The Labute approximate surface area is 158 Å². The zero-order chi connectivity index (χ0) is 17.1. The van der Waals surface area contributed by atoms with Gasteiger partial charge in [-0.25, -0.2) is 4.99 Å². The molecular formula is C16H25F3IN3O. The first kappa shape index (κ1) is 23.0. The van der Waals surface area contributed by atoms with Crippen molar-refractivity contribution in [1.29, 1.82) is 0 Å². The predicted molar refractivity (Wildman–Crippen MR) is 101 cm³/mol. The maximum absolute atomic E-state index is 12.0. The van der Waals surface area contributed by atoms with Gasteiger partial charge < -0.3 is 15.4 Å². The Morgan fingerprint density at radius 2 is 1.71 bits per heavy atom. The monoisotopic (exact) mass is 459 g/mol. The highest BCUT2D eigenvalue weighted by Gasteiger charge is 2.27. The van der Waals surface area contributed by atoms with E-state index in [-0.39, 0.29) is 30.6 Å². The van der Waals surface area contributed by atoms with Gasteiger partial charge in [0.15, 0.2) is 5.96 Å². The van der Waals surface area contributed by atoms with Crippen molar-refractivity contribution in [2.75, 3.05) is 19.7 Å². The zero-order valence-corrected chi connectivity index (χ0v) is 16.3. The van der Waals surface area contributed by atoms with Crippen LogP contribution in [0.25, 0.3) is 0 Å². The Balaban J connectivity index is 0.00000529. The van der Waals surface area contributed by atoms with Crippen molar-refractivity contribution in [2.24, 2.45) is 4.99 Å². The van der Waals surface area contributed by atoms with Crippen LogP contribution in [0.15, 0.2) is 29.3 Å². The van der Waals surface area contributed by atoms with Crippen molar-refractivity contribution < 1.29 is 17.9 Å². The summed E-state index contributed by atoms with van der Waals surface area (Å²) in [7, 11) is 0. The summed E-state index contributed by atoms with van der Waals surface area (Å²) in [6, 6.07) is 7.21. The van der Waals surface area contributed by atoms with Gasteiger partial charge in [0.05, 0.1) is 13.2 Å². The number of ether oxygens (including phenoxy) is 1. The van der Waals surface area contributed by atoms with E-state index in [1.165, 1.54) is 0 Å². The molecule has 0 saturated carbocycles. The lowest BCUT2D eigenvalue weighted by Crippen LogP contribution is -2.37. The summed E-state index contributed by atoms with van der Waals surface area (Å²) >= 11 is 0. The minimum absolute atomic E-state index is 0. The molecule has 8 heteroatoms. The molecule has 4 nitrogen and oxygen atoms in total. The normalized spacial score (nSPS) is 11.8. The number of guanidine groups is 1. The van der Waals surface area contributed by atoms with Crippen LogP contribution in [0.3, 0.4) is 0 Å². The third-order valence-corrected chi connectivity index (χ3v) is 2.86. The lowest BCUT2D eigenvalue weighted by molar-refractivity contribution is -0.176. The van der Waals surface area contributed by atoms with Gasteiger partial charge in [-0.1, -0.05) is 31.2 Å². The third-order valence-electron chi connectivity index (χ3n) is 2.86. The Morgan fingerprint density at radius 3 is 2.25 bits per heavy atom. The van der Waals surface area contributed by atoms with Crippen molar-refractivity contribution in [3.05, 3.63) is 35.4 Å². The molecule has 138 valence electrons. The summed E-state index contributed by atoms with van der Waals surface area (Å²) < 4.78 is 40.6. The highest BCUT2D eigenvalue weighted by Crippen LogP contribution is 2.15. The molecular weight excluding hydrogens is 434 g/mol. The number of halogens is 4. The Kier molecular flexibility index (Phi) is 11.8. The van der Waals surface area contributed by atoms with E-state index in [2.05, 4.69) is 27.3 Å². The smallest absolute Gasteiger partial charge is 0.367 e. The van der Waals surface area contributed by atoms with E-state index < -0.39 is 12.8 Å². The largest absolute Gasteiger partial charge is 0.411 e. The first-order valence-electron chi connectivity index (χ1n) is 7.69. The fourth-order valence-corrected chi connectivity index (χ4v) is 1.78. The van der Waals surface area contributed by atoms with E-state index in [0.717, 1.165) is 31.0 Å². The average Bonchev–Trinajstić information content (AvgIpc) is 2.50. The summed E-state index contributed by atoms with van der Waals surface area (Å²) in [4.78, 5) is 4.46. The number of rotatable bonds is 8. The molecule has 1 aromatic rings. The van der Waals surface area contributed by atoms with Crippen molar-refractivity contribution >= 4 is 29.9 Å². The highest BCUT2D eigenvalue weighted by atomic mass is 127. The maximum atomic E-state index is 12.0. The third kappa shape index (κ3) is 10.7. The van der Waals surface area contributed by atoms with Crippen LogP contribution in [0.2, 0.25) is 0 Å².